The third-order valence-corrected chi connectivity index (χ3v) is 8.11. The second-order valence-corrected chi connectivity index (χ2v) is 10.8. The van der Waals surface area contributed by atoms with Gasteiger partial charge in [-0.1, -0.05) is 60.7 Å². The van der Waals surface area contributed by atoms with E-state index in [4.69, 9.17) is 15.0 Å². The van der Waals surface area contributed by atoms with Crippen LogP contribution in [-0.2, 0) is 0 Å². The number of hydrogen-bond donors (Lipinski definition) is 0. The Morgan fingerprint density at radius 1 is 0.732 bits per heavy atom. The van der Waals surface area contributed by atoms with Crippen molar-refractivity contribution in [1.29, 1.82) is 0 Å². The Morgan fingerprint density at radius 3 is 2.29 bits per heavy atom. The molecule has 1 aliphatic rings. The summed E-state index contributed by atoms with van der Waals surface area (Å²) in [5.74, 6) is 0.677. The number of benzene rings is 3. The van der Waals surface area contributed by atoms with Crippen LogP contribution in [0, 0.1) is 0 Å². The predicted octanol–water partition coefficient (Wildman–Crippen LogP) is 6.63. The number of amides is 1. The fraction of sp³-hybridized carbons (Fsp3) is 0.121. The lowest BCUT2D eigenvalue weighted by Crippen LogP contribution is -2.49. The van der Waals surface area contributed by atoms with Crippen molar-refractivity contribution in [3.05, 3.63) is 113 Å². The quantitative estimate of drug-likeness (QED) is 0.226. The van der Waals surface area contributed by atoms with Crippen molar-refractivity contribution in [2.24, 2.45) is 0 Å². The van der Waals surface area contributed by atoms with Crippen molar-refractivity contribution in [3.8, 4) is 22.5 Å². The first-order valence-electron chi connectivity index (χ1n) is 13.5. The van der Waals surface area contributed by atoms with Crippen LogP contribution in [0.25, 0.3) is 44.3 Å². The number of anilines is 1. The number of para-hydroxylation sites is 2. The fourth-order valence-electron chi connectivity index (χ4n) is 5.35. The third-order valence-electron chi connectivity index (χ3n) is 7.47. The lowest BCUT2D eigenvalue weighted by atomic mass is 10.0. The number of carbonyl (C=O) groups excluding carboxylic acids is 1. The van der Waals surface area contributed by atoms with Gasteiger partial charge in [0, 0.05) is 64.9 Å². The lowest BCUT2D eigenvalue weighted by molar-refractivity contribution is 0.0748. The minimum absolute atomic E-state index is 0.00954. The van der Waals surface area contributed by atoms with Gasteiger partial charge in [-0.15, -0.1) is 0 Å². The minimum Gasteiger partial charge on any atom is -0.337 e. The number of aromatic nitrogens is 4. The first-order valence-corrected chi connectivity index (χ1v) is 14.3. The zero-order valence-electron chi connectivity index (χ0n) is 22.1. The van der Waals surface area contributed by atoms with Gasteiger partial charge in [0.25, 0.3) is 5.91 Å². The lowest BCUT2D eigenvalue weighted by Gasteiger charge is -2.35. The summed E-state index contributed by atoms with van der Waals surface area (Å²) in [6.07, 6.45) is 3.50. The third kappa shape index (κ3) is 4.80. The second-order valence-electron chi connectivity index (χ2n) is 9.97. The molecule has 0 saturated carbocycles. The summed E-state index contributed by atoms with van der Waals surface area (Å²) in [5, 5.41) is 1.85. The SMILES string of the molecule is O=C(c1cc(-c2cccnc2)nc2c(Br)cccc12)N1CCN(c2nc(-c3ccccc3)c3ccccc3n2)CC1. The number of piperazine rings is 1. The number of fused-ring (bicyclic) bond motifs is 2. The maximum Gasteiger partial charge on any atom is 0.254 e. The first kappa shape index (κ1) is 25.3. The second kappa shape index (κ2) is 10.7. The Hall–Kier alpha value is -4.69. The summed E-state index contributed by atoms with van der Waals surface area (Å²) in [6.45, 7) is 2.41. The van der Waals surface area contributed by atoms with Gasteiger partial charge in [0.2, 0.25) is 5.95 Å². The summed E-state index contributed by atoms with van der Waals surface area (Å²) < 4.78 is 0.849. The summed E-state index contributed by atoms with van der Waals surface area (Å²) in [7, 11) is 0. The van der Waals surface area contributed by atoms with Crippen LogP contribution < -0.4 is 4.90 Å². The largest absolute Gasteiger partial charge is 0.337 e. The van der Waals surface area contributed by atoms with E-state index >= 15 is 0 Å². The van der Waals surface area contributed by atoms with Gasteiger partial charge in [0.15, 0.2) is 0 Å². The molecule has 0 bridgehead atoms. The zero-order valence-corrected chi connectivity index (χ0v) is 23.7. The van der Waals surface area contributed by atoms with Crippen LogP contribution >= 0.6 is 15.9 Å². The molecular weight excluding hydrogens is 576 g/mol. The highest BCUT2D eigenvalue weighted by atomic mass is 79.9. The topological polar surface area (TPSA) is 75.1 Å². The molecule has 1 aliphatic heterocycles. The van der Waals surface area contributed by atoms with Crippen molar-refractivity contribution in [2.45, 2.75) is 0 Å². The van der Waals surface area contributed by atoms with E-state index in [1.54, 1.807) is 12.4 Å². The molecule has 4 heterocycles. The van der Waals surface area contributed by atoms with Gasteiger partial charge in [0.05, 0.1) is 28.0 Å². The average Bonchev–Trinajstić information content (AvgIpc) is 3.04. The van der Waals surface area contributed by atoms with Crippen LogP contribution in [0.15, 0.2) is 108 Å². The Bertz CT molecular complexity index is 1890. The van der Waals surface area contributed by atoms with Gasteiger partial charge in [0.1, 0.15) is 0 Å². The van der Waals surface area contributed by atoms with Gasteiger partial charge in [-0.3, -0.25) is 9.78 Å². The van der Waals surface area contributed by atoms with Crippen LogP contribution in [0.5, 0.6) is 0 Å². The average molecular weight is 602 g/mol. The highest BCUT2D eigenvalue weighted by Crippen LogP contribution is 2.31. The van der Waals surface area contributed by atoms with E-state index in [0.717, 1.165) is 48.8 Å². The van der Waals surface area contributed by atoms with Crippen molar-refractivity contribution >= 4 is 49.6 Å². The van der Waals surface area contributed by atoms with Gasteiger partial charge in [-0.2, -0.15) is 0 Å². The molecule has 3 aromatic carbocycles. The molecule has 7 nitrogen and oxygen atoms in total. The fourth-order valence-corrected chi connectivity index (χ4v) is 5.81. The Labute approximate surface area is 245 Å². The molecule has 0 spiro atoms. The minimum atomic E-state index is -0.00954. The number of carbonyl (C=O) groups is 1. The van der Waals surface area contributed by atoms with E-state index in [1.165, 1.54) is 0 Å². The van der Waals surface area contributed by atoms with Crippen LogP contribution in [-0.4, -0.2) is 56.9 Å². The number of nitrogens with zero attached hydrogens (tertiary/aromatic N) is 6. The molecule has 6 aromatic rings. The molecule has 1 amide bonds. The summed E-state index contributed by atoms with van der Waals surface area (Å²) >= 11 is 3.63. The molecular formula is C33H25BrN6O. The summed E-state index contributed by atoms with van der Waals surface area (Å²) in [6, 6.07) is 29.9. The molecule has 0 unspecified atom stereocenters. The molecule has 41 heavy (non-hydrogen) atoms. The van der Waals surface area contributed by atoms with Gasteiger partial charge in [-0.25, -0.2) is 15.0 Å². The molecule has 3 aromatic heterocycles. The monoisotopic (exact) mass is 600 g/mol. The molecule has 0 aliphatic carbocycles. The standard InChI is InChI=1S/C33H25BrN6O/c34-27-13-6-12-24-26(20-29(36-31(24)27)23-10-7-15-35-21-23)32(41)39-16-18-40(19-17-39)33-37-28-14-5-4-11-25(28)30(38-33)22-8-2-1-3-9-22/h1-15,20-21H,16-19H2. The molecule has 200 valence electrons. The van der Waals surface area contributed by atoms with E-state index in [0.29, 0.717) is 37.7 Å². The van der Waals surface area contributed by atoms with E-state index in [2.05, 4.69) is 44.0 Å². The number of hydrogen-bond acceptors (Lipinski definition) is 6. The molecule has 1 fully saturated rings. The number of halogens is 1. The Balaban J connectivity index is 1.19. The first-order chi connectivity index (χ1) is 20.2. The Kier molecular flexibility index (Phi) is 6.60. The zero-order chi connectivity index (χ0) is 27.8. The van der Waals surface area contributed by atoms with Crippen molar-refractivity contribution in [1.82, 2.24) is 24.8 Å². The van der Waals surface area contributed by atoms with E-state index in [-0.39, 0.29) is 5.91 Å². The number of pyridine rings is 2. The van der Waals surface area contributed by atoms with E-state index in [9.17, 15) is 4.79 Å². The van der Waals surface area contributed by atoms with E-state index < -0.39 is 0 Å². The molecule has 0 atom stereocenters. The summed E-state index contributed by atoms with van der Waals surface area (Å²) in [4.78, 5) is 37.1. The normalized spacial score (nSPS) is 13.6. The smallest absolute Gasteiger partial charge is 0.254 e. The molecule has 0 radical (unpaired) electrons. The van der Waals surface area contributed by atoms with E-state index in [1.807, 2.05) is 77.7 Å². The molecule has 0 N–H and O–H groups in total. The molecule has 1 saturated heterocycles. The maximum absolute atomic E-state index is 14.0. The molecule has 7 rings (SSSR count). The molecule has 8 heteroatoms. The maximum atomic E-state index is 14.0. The van der Waals surface area contributed by atoms with Crippen molar-refractivity contribution in [3.63, 3.8) is 0 Å². The highest BCUT2D eigenvalue weighted by molar-refractivity contribution is 9.10. The van der Waals surface area contributed by atoms with Crippen molar-refractivity contribution < 1.29 is 4.79 Å². The van der Waals surface area contributed by atoms with Gasteiger partial charge in [-0.05, 0) is 46.3 Å². The van der Waals surface area contributed by atoms with Crippen LogP contribution in [0.1, 0.15) is 10.4 Å². The predicted molar refractivity (Wildman–Crippen MR) is 166 cm³/mol. The van der Waals surface area contributed by atoms with Gasteiger partial charge >= 0.3 is 0 Å². The summed E-state index contributed by atoms with van der Waals surface area (Å²) in [5.41, 5.74) is 5.87. The van der Waals surface area contributed by atoms with Crippen LogP contribution in [0.4, 0.5) is 5.95 Å². The van der Waals surface area contributed by atoms with Gasteiger partial charge < -0.3 is 9.80 Å². The number of rotatable bonds is 4. The highest BCUT2D eigenvalue weighted by Gasteiger charge is 2.26. The van der Waals surface area contributed by atoms with Crippen LogP contribution in [0.2, 0.25) is 0 Å². The Morgan fingerprint density at radius 2 is 1.49 bits per heavy atom. The van der Waals surface area contributed by atoms with Crippen LogP contribution in [0.3, 0.4) is 0 Å². The van der Waals surface area contributed by atoms with Crippen molar-refractivity contribution in [2.75, 3.05) is 31.1 Å².